The summed E-state index contributed by atoms with van der Waals surface area (Å²) in [5.41, 5.74) is 0. The minimum Gasteiger partial charge on any atom is -0.264 e. The highest BCUT2D eigenvalue weighted by atomic mass is 35.5. The van der Waals surface area contributed by atoms with Crippen LogP contribution in [0.3, 0.4) is 0 Å². The number of rotatable bonds is 2. The van der Waals surface area contributed by atoms with Crippen LogP contribution in [0.1, 0.15) is 0 Å². The lowest BCUT2D eigenvalue weighted by molar-refractivity contribution is 0.241. The number of sulfone groups is 1. The highest BCUT2D eigenvalue weighted by Crippen LogP contribution is 2.21. The maximum Gasteiger partial charge on any atom is 0.264 e. The Labute approximate surface area is 82.1 Å². The van der Waals surface area contributed by atoms with Crippen molar-refractivity contribution in [1.29, 1.82) is 0 Å². The second-order valence-electron chi connectivity index (χ2n) is 2.93. The van der Waals surface area contributed by atoms with Gasteiger partial charge in [0.05, 0.1) is 23.1 Å². The molecule has 5 nitrogen and oxygen atoms in total. The third-order valence-electron chi connectivity index (χ3n) is 1.53. The van der Waals surface area contributed by atoms with Gasteiger partial charge in [0.2, 0.25) is 0 Å². The van der Waals surface area contributed by atoms with Crippen molar-refractivity contribution in [3.63, 3.8) is 0 Å². The van der Waals surface area contributed by atoms with Crippen LogP contribution >= 0.6 is 11.6 Å². The largest absolute Gasteiger partial charge is 0.264 e. The van der Waals surface area contributed by atoms with Gasteiger partial charge in [-0.25, -0.2) is 8.42 Å². The van der Waals surface area contributed by atoms with Crippen LogP contribution in [0.4, 0.5) is 0 Å². The number of hydrogen-bond acceptors (Lipinski definition) is 5. The first-order chi connectivity index (χ1) is 5.70. The zero-order valence-electron chi connectivity index (χ0n) is 6.80. The monoisotopic (exact) mass is 248 g/mol. The van der Waals surface area contributed by atoms with Crippen molar-refractivity contribution in [2.24, 2.45) is 0 Å². The summed E-state index contributed by atoms with van der Waals surface area (Å²) < 4.78 is 47.8. The van der Waals surface area contributed by atoms with E-state index in [1.54, 1.807) is 0 Å². The van der Waals surface area contributed by atoms with Gasteiger partial charge in [-0.05, 0) is 0 Å². The molecule has 0 bridgehead atoms. The molecule has 0 spiro atoms. The minimum absolute atomic E-state index is 0.227. The van der Waals surface area contributed by atoms with Crippen LogP contribution in [-0.2, 0) is 24.1 Å². The zero-order chi connectivity index (χ0) is 10.3. The first-order valence-corrected chi connectivity index (χ1v) is 7.50. The summed E-state index contributed by atoms with van der Waals surface area (Å²) in [5, 5.41) is -0.778. The van der Waals surface area contributed by atoms with Gasteiger partial charge in [0, 0.05) is 0 Å². The van der Waals surface area contributed by atoms with Gasteiger partial charge in [-0.2, -0.15) is 8.42 Å². The smallest absolute Gasteiger partial charge is 0.264 e. The first kappa shape index (κ1) is 11.2. The Kier molecular flexibility index (Phi) is 2.92. The minimum atomic E-state index is -3.64. The maximum absolute atomic E-state index is 11.0. The normalized spacial score (nSPS) is 33.4. The lowest BCUT2D eigenvalue weighted by Gasteiger charge is -2.10. The van der Waals surface area contributed by atoms with E-state index in [-0.39, 0.29) is 11.5 Å². The highest BCUT2D eigenvalue weighted by molar-refractivity contribution is 7.92. The van der Waals surface area contributed by atoms with Gasteiger partial charge in [0.15, 0.2) is 9.84 Å². The van der Waals surface area contributed by atoms with E-state index < -0.39 is 31.4 Å². The van der Waals surface area contributed by atoms with Gasteiger partial charge in [-0.15, -0.1) is 11.6 Å². The van der Waals surface area contributed by atoms with Crippen molar-refractivity contribution < 1.29 is 21.0 Å². The predicted octanol–water partition coefficient (Wildman–Crippen LogP) is -0.633. The van der Waals surface area contributed by atoms with E-state index in [1.807, 2.05) is 0 Å². The van der Waals surface area contributed by atoms with E-state index >= 15 is 0 Å². The second-order valence-corrected chi connectivity index (χ2v) is 7.25. The number of hydrogen-bond donors (Lipinski definition) is 0. The molecule has 0 aliphatic carbocycles. The van der Waals surface area contributed by atoms with Crippen LogP contribution in [0, 0.1) is 0 Å². The Morgan fingerprint density at radius 1 is 1.38 bits per heavy atom. The van der Waals surface area contributed by atoms with Crippen LogP contribution in [-0.4, -0.2) is 46.1 Å². The molecule has 0 radical (unpaired) electrons. The third-order valence-corrected chi connectivity index (χ3v) is 4.45. The molecule has 0 N–H and O–H groups in total. The fourth-order valence-electron chi connectivity index (χ4n) is 1.09. The van der Waals surface area contributed by atoms with E-state index in [2.05, 4.69) is 4.18 Å². The zero-order valence-corrected chi connectivity index (χ0v) is 9.19. The molecule has 0 aromatic rings. The van der Waals surface area contributed by atoms with Gasteiger partial charge in [0.1, 0.15) is 6.10 Å². The molecule has 1 heterocycles. The first-order valence-electron chi connectivity index (χ1n) is 3.42. The Bertz CT molecular complexity index is 383. The molecule has 1 fully saturated rings. The van der Waals surface area contributed by atoms with E-state index in [4.69, 9.17) is 11.6 Å². The third kappa shape index (κ3) is 3.41. The van der Waals surface area contributed by atoms with E-state index in [0.717, 1.165) is 6.26 Å². The summed E-state index contributed by atoms with van der Waals surface area (Å²) in [5.74, 6) is -0.553. The van der Waals surface area contributed by atoms with E-state index in [9.17, 15) is 16.8 Å². The van der Waals surface area contributed by atoms with Gasteiger partial charge < -0.3 is 0 Å². The van der Waals surface area contributed by atoms with Crippen molar-refractivity contribution in [1.82, 2.24) is 0 Å². The standard InChI is InChI=1S/C5H9ClO5S2/c1-12(7,8)11-5-3-13(9,10)2-4(5)6/h4-5H,2-3H2,1H3/t4-,5+/m1/s1. The summed E-state index contributed by atoms with van der Waals surface area (Å²) in [4.78, 5) is 0. The topological polar surface area (TPSA) is 77.5 Å². The van der Waals surface area contributed by atoms with Gasteiger partial charge >= 0.3 is 0 Å². The summed E-state index contributed by atoms with van der Waals surface area (Å²) in [6.45, 7) is 0. The van der Waals surface area contributed by atoms with Crippen LogP contribution < -0.4 is 0 Å². The highest BCUT2D eigenvalue weighted by Gasteiger charge is 2.39. The molecule has 1 saturated heterocycles. The summed E-state index contributed by atoms with van der Waals surface area (Å²) in [6, 6.07) is 0. The SMILES string of the molecule is CS(=O)(=O)O[C@H]1CS(=O)(=O)C[C@H]1Cl. The van der Waals surface area contributed by atoms with Crippen molar-refractivity contribution in [2.75, 3.05) is 17.8 Å². The second kappa shape index (κ2) is 3.38. The Hall–Kier alpha value is 0.150. The van der Waals surface area contributed by atoms with E-state index in [0.29, 0.717) is 0 Å². The molecule has 0 amide bonds. The molecule has 0 saturated carbocycles. The van der Waals surface area contributed by atoms with Crippen LogP contribution in [0.15, 0.2) is 0 Å². The average molecular weight is 249 g/mol. The lowest BCUT2D eigenvalue weighted by Crippen LogP contribution is -2.25. The van der Waals surface area contributed by atoms with Crippen molar-refractivity contribution in [2.45, 2.75) is 11.5 Å². The molecule has 2 atom stereocenters. The predicted molar refractivity (Wildman–Crippen MR) is 48.0 cm³/mol. The molecule has 78 valence electrons. The summed E-state index contributed by atoms with van der Waals surface area (Å²) >= 11 is 5.60. The summed E-state index contributed by atoms with van der Waals surface area (Å²) in [6.07, 6.45) is -0.0803. The maximum atomic E-state index is 11.0. The Morgan fingerprint density at radius 3 is 2.23 bits per heavy atom. The van der Waals surface area contributed by atoms with Crippen LogP contribution in [0.2, 0.25) is 0 Å². The van der Waals surface area contributed by atoms with Crippen molar-refractivity contribution in [3.05, 3.63) is 0 Å². The molecule has 0 aromatic heterocycles. The lowest BCUT2D eigenvalue weighted by atomic mass is 10.3. The Balaban J connectivity index is 2.76. The fraction of sp³-hybridized carbons (Fsp3) is 1.00. The van der Waals surface area contributed by atoms with Gasteiger partial charge in [0.25, 0.3) is 10.1 Å². The molecule has 1 aliphatic heterocycles. The molecular weight excluding hydrogens is 240 g/mol. The Morgan fingerprint density at radius 2 is 1.92 bits per heavy atom. The molecule has 1 aliphatic rings. The van der Waals surface area contributed by atoms with E-state index in [1.165, 1.54) is 0 Å². The van der Waals surface area contributed by atoms with Crippen molar-refractivity contribution >= 4 is 31.6 Å². The number of alkyl halides is 1. The molecule has 13 heavy (non-hydrogen) atoms. The van der Waals surface area contributed by atoms with Gasteiger partial charge in [-0.1, -0.05) is 0 Å². The van der Waals surface area contributed by atoms with Crippen LogP contribution in [0.5, 0.6) is 0 Å². The van der Waals surface area contributed by atoms with Crippen LogP contribution in [0.25, 0.3) is 0 Å². The average Bonchev–Trinajstić information content (AvgIpc) is 2.00. The molecule has 0 unspecified atom stereocenters. The quantitative estimate of drug-likeness (QED) is 0.480. The summed E-state index contributed by atoms with van der Waals surface area (Å²) in [7, 11) is -6.88. The van der Waals surface area contributed by atoms with Gasteiger partial charge in [-0.3, -0.25) is 4.18 Å². The fourth-order valence-corrected chi connectivity index (χ4v) is 4.34. The molecular formula is C5H9ClO5S2. The molecule has 1 rings (SSSR count). The molecule has 8 heteroatoms. The van der Waals surface area contributed by atoms with Crippen molar-refractivity contribution in [3.8, 4) is 0 Å². The molecule has 0 aromatic carbocycles. The number of halogens is 1.